The predicted octanol–water partition coefficient (Wildman–Crippen LogP) is -0.276. The van der Waals surface area contributed by atoms with Gasteiger partial charge in [-0.3, -0.25) is 9.69 Å². The molecule has 1 heterocycles. The number of ether oxygens (including phenoxy) is 1. The molecular weight excluding hydrogens is 196 g/mol. The zero-order valence-corrected chi connectivity index (χ0v) is 9.48. The molecule has 1 aliphatic heterocycles. The van der Waals surface area contributed by atoms with Gasteiger partial charge in [0.1, 0.15) is 6.04 Å². The van der Waals surface area contributed by atoms with Crippen LogP contribution in [0.1, 0.15) is 6.42 Å². The molecule has 1 saturated heterocycles. The third kappa shape index (κ3) is 3.77. The Hall–Kier alpha value is -0.650. The highest BCUT2D eigenvalue weighted by molar-refractivity contribution is 5.73. The first-order valence-corrected chi connectivity index (χ1v) is 5.29. The molecule has 0 saturated carbocycles. The largest absolute Gasteiger partial charge is 0.480 e. The van der Waals surface area contributed by atoms with Gasteiger partial charge in [0.2, 0.25) is 0 Å². The van der Waals surface area contributed by atoms with Gasteiger partial charge < -0.3 is 14.7 Å². The molecule has 5 nitrogen and oxygen atoms in total. The molecule has 0 amide bonds. The van der Waals surface area contributed by atoms with Crippen LogP contribution in [0.3, 0.4) is 0 Å². The van der Waals surface area contributed by atoms with Crippen molar-refractivity contribution in [1.29, 1.82) is 0 Å². The summed E-state index contributed by atoms with van der Waals surface area (Å²) in [4.78, 5) is 15.3. The maximum Gasteiger partial charge on any atom is 0.323 e. The molecule has 0 bridgehead atoms. The van der Waals surface area contributed by atoms with E-state index in [-0.39, 0.29) is 6.61 Å². The molecule has 1 rings (SSSR count). The second kappa shape index (κ2) is 6.05. The van der Waals surface area contributed by atoms with Crippen molar-refractivity contribution in [3.05, 3.63) is 0 Å². The fourth-order valence-corrected chi connectivity index (χ4v) is 1.87. The van der Waals surface area contributed by atoms with E-state index < -0.39 is 12.0 Å². The Kier molecular flexibility index (Phi) is 5.01. The van der Waals surface area contributed by atoms with Gasteiger partial charge in [-0.05, 0) is 20.0 Å². The highest BCUT2D eigenvalue weighted by Gasteiger charge is 2.26. The van der Waals surface area contributed by atoms with Crippen molar-refractivity contribution in [2.24, 2.45) is 0 Å². The van der Waals surface area contributed by atoms with Crippen LogP contribution in [-0.4, -0.2) is 73.9 Å². The van der Waals surface area contributed by atoms with Gasteiger partial charge in [0.25, 0.3) is 0 Å². The smallest absolute Gasteiger partial charge is 0.323 e. The van der Waals surface area contributed by atoms with Crippen LogP contribution >= 0.6 is 0 Å². The Morgan fingerprint density at radius 1 is 1.40 bits per heavy atom. The van der Waals surface area contributed by atoms with Crippen molar-refractivity contribution < 1.29 is 14.6 Å². The van der Waals surface area contributed by atoms with Crippen LogP contribution < -0.4 is 0 Å². The topological polar surface area (TPSA) is 53.0 Å². The molecule has 1 fully saturated rings. The summed E-state index contributed by atoms with van der Waals surface area (Å²) in [5.41, 5.74) is 0. The summed E-state index contributed by atoms with van der Waals surface area (Å²) in [6, 6.07) is -0.499. The van der Waals surface area contributed by atoms with Crippen LogP contribution in [0.25, 0.3) is 0 Å². The summed E-state index contributed by atoms with van der Waals surface area (Å²) in [5.74, 6) is -0.790. The van der Waals surface area contributed by atoms with Gasteiger partial charge in [-0.15, -0.1) is 0 Å². The normalized spacial score (nSPS) is 22.3. The van der Waals surface area contributed by atoms with Gasteiger partial charge in [-0.25, -0.2) is 0 Å². The molecule has 15 heavy (non-hydrogen) atoms. The first-order chi connectivity index (χ1) is 7.15. The SMILES string of the molecule is COCC(C(=O)O)N1CCCN(C)CC1. The van der Waals surface area contributed by atoms with Gasteiger partial charge in [0, 0.05) is 26.7 Å². The van der Waals surface area contributed by atoms with Crippen LogP contribution in [0.5, 0.6) is 0 Å². The highest BCUT2D eigenvalue weighted by Crippen LogP contribution is 2.06. The van der Waals surface area contributed by atoms with E-state index in [0.29, 0.717) is 0 Å². The Morgan fingerprint density at radius 2 is 2.13 bits per heavy atom. The Morgan fingerprint density at radius 3 is 2.73 bits per heavy atom. The second-order valence-corrected chi connectivity index (χ2v) is 4.00. The third-order valence-corrected chi connectivity index (χ3v) is 2.80. The average Bonchev–Trinajstić information content (AvgIpc) is 2.39. The standard InChI is InChI=1S/C10H20N2O3/c1-11-4-3-5-12(7-6-11)9(8-15-2)10(13)14/h9H,3-8H2,1-2H3,(H,13,14). The lowest BCUT2D eigenvalue weighted by Crippen LogP contribution is -2.45. The molecule has 5 heteroatoms. The van der Waals surface area contributed by atoms with E-state index in [4.69, 9.17) is 9.84 Å². The summed E-state index contributed by atoms with van der Waals surface area (Å²) in [6.07, 6.45) is 1.02. The minimum absolute atomic E-state index is 0.263. The average molecular weight is 216 g/mol. The van der Waals surface area contributed by atoms with E-state index in [1.54, 1.807) is 7.11 Å². The van der Waals surface area contributed by atoms with Crippen LogP contribution in [0.15, 0.2) is 0 Å². The fourth-order valence-electron chi connectivity index (χ4n) is 1.87. The van der Waals surface area contributed by atoms with E-state index in [0.717, 1.165) is 32.6 Å². The van der Waals surface area contributed by atoms with E-state index in [2.05, 4.69) is 11.9 Å². The fraction of sp³-hybridized carbons (Fsp3) is 0.900. The lowest BCUT2D eigenvalue weighted by Gasteiger charge is -2.26. The van der Waals surface area contributed by atoms with Gasteiger partial charge in [0.15, 0.2) is 0 Å². The summed E-state index contributed by atoms with van der Waals surface area (Å²) < 4.78 is 4.95. The molecule has 1 aliphatic rings. The molecule has 1 N–H and O–H groups in total. The zero-order valence-electron chi connectivity index (χ0n) is 9.48. The summed E-state index contributed by atoms with van der Waals surface area (Å²) >= 11 is 0. The predicted molar refractivity (Wildman–Crippen MR) is 57.0 cm³/mol. The number of likely N-dealkylation sites (N-methyl/N-ethyl adjacent to an activating group) is 1. The van der Waals surface area contributed by atoms with Crippen molar-refractivity contribution in [3.8, 4) is 0 Å². The Bertz CT molecular complexity index is 211. The Balaban J connectivity index is 2.54. The number of carbonyl (C=O) groups is 1. The lowest BCUT2D eigenvalue weighted by atomic mass is 10.2. The first kappa shape index (κ1) is 12.4. The Labute approximate surface area is 90.6 Å². The number of carboxylic acids is 1. The van der Waals surface area contributed by atoms with Crippen molar-refractivity contribution in [2.75, 3.05) is 46.9 Å². The molecule has 1 atom stereocenters. The molecule has 0 aromatic rings. The highest BCUT2D eigenvalue weighted by atomic mass is 16.5. The molecule has 0 spiro atoms. The molecule has 0 aliphatic carbocycles. The number of hydrogen-bond acceptors (Lipinski definition) is 4. The molecular formula is C10H20N2O3. The molecule has 1 unspecified atom stereocenters. The number of methoxy groups -OCH3 is 1. The van der Waals surface area contributed by atoms with Gasteiger partial charge in [-0.2, -0.15) is 0 Å². The molecule has 88 valence electrons. The van der Waals surface area contributed by atoms with E-state index in [1.807, 2.05) is 4.90 Å². The van der Waals surface area contributed by atoms with Gasteiger partial charge >= 0.3 is 5.97 Å². The minimum Gasteiger partial charge on any atom is -0.480 e. The minimum atomic E-state index is -0.790. The van der Waals surface area contributed by atoms with Crippen LogP contribution in [0.2, 0.25) is 0 Å². The van der Waals surface area contributed by atoms with Crippen molar-refractivity contribution >= 4 is 5.97 Å². The van der Waals surface area contributed by atoms with E-state index >= 15 is 0 Å². The lowest BCUT2D eigenvalue weighted by molar-refractivity contribution is -0.145. The summed E-state index contributed by atoms with van der Waals surface area (Å²) in [6.45, 7) is 3.86. The molecule has 0 radical (unpaired) electrons. The quantitative estimate of drug-likeness (QED) is 0.700. The van der Waals surface area contributed by atoms with Gasteiger partial charge in [0.05, 0.1) is 6.61 Å². The van der Waals surface area contributed by atoms with Crippen molar-refractivity contribution in [2.45, 2.75) is 12.5 Å². The number of nitrogens with zero attached hydrogens (tertiary/aromatic N) is 2. The van der Waals surface area contributed by atoms with E-state index in [9.17, 15) is 4.79 Å². The maximum absolute atomic E-state index is 11.0. The maximum atomic E-state index is 11.0. The number of rotatable bonds is 4. The second-order valence-electron chi connectivity index (χ2n) is 4.00. The summed E-state index contributed by atoms with van der Waals surface area (Å²) in [5, 5.41) is 9.08. The van der Waals surface area contributed by atoms with Crippen LogP contribution in [0.4, 0.5) is 0 Å². The van der Waals surface area contributed by atoms with Crippen LogP contribution in [0, 0.1) is 0 Å². The number of carboxylic acid groups (broad SMARTS) is 1. The van der Waals surface area contributed by atoms with Crippen molar-refractivity contribution in [1.82, 2.24) is 9.80 Å². The van der Waals surface area contributed by atoms with Crippen LogP contribution in [-0.2, 0) is 9.53 Å². The zero-order chi connectivity index (χ0) is 11.3. The molecule has 0 aromatic heterocycles. The number of hydrogen-bond donors (Lipinski definition) is 1. The molecule has 0 aromatic carbocycles. The van der Waals surface area contributed by atoms with Crippen molar-refractivity contribution in [3.63, 3.8) is 0 Å². The van der Waals surface area contributed by atoms with E-state index in [1.165, 1.54) is 0 Å². The number of aliphatic carboxylic acids is 1. The third-order valence-electron chi connectivity index (χ3n) is 2.80. The monoisotopic (exact) mass is 216 g/mol. The summed E-state index contributed by atoms with van der Waals surface area (Å²) in [7, 11) is 3.61. The first-order valence-electron chi connectivity index (χ1n) is 5.29. The van der Waals surface area contributed by atoms with Gasteiger partial charge in [-0.1, -0.05) is 0 Å².